The molecule has 21 heavy (non-hydrogen) atoms. The fourth-order valence-corrected chi connectivity index (χ4v) is 3.95. The minimum Gasteiger partial charge on any atom is -0.467 e. The van der Waals surface area contributed by atoms with Crippen LogP contribution in [0.2, 0.25) is 0 Å². The molecule has 6 heteroatoms. The number of amides is 1. The number of hydrogen-bond acceptors (Lipinski definition) is 5. The van der Waals surface area contributed by atoms with Crippen molar-refractivity contribution in [3.05, 3.63) is 22.4 Å². The van der Waals surface area contributed by atoms with Crippen LogP contribution in [0.5, 0.6) is 0 Å². The van der Waals surface area contributed by atoms with Gasteiger partial charge in [0.2, 0.25) is 0 Å². The summed E-state index contributed by atoms with van der Waals surface area (Å²) in [5.41, 5.74) is 0.717. The maximum atomic E-state index is 12.7. The molecule has 3 rings (SSSR count). The van der Waals surface area contributed by atoms with Gasteiger partial charge in [-0.05, 0) is 31.2 Å². The zero-order valence-corrected chi connectivity index (χ0v) is 13.0. The molecule has 114 valence electrons. The van der Waals surface area contributed by atoms with Crippen molar-refractivity contribution in [2.24, 2.45) is 0 Å². The van der Waals surface area contributed by atoms with Crippen molar-refractivity contribution in [3.63, 3.8) is 0 Å². The molecule has 5 nitrogen and oxygen atoms in total. The molecule has 2 saturated heterocycles. The zero-order valence-electron chi connectivity index (χ0n) is 12.2. The van der Waals surface area contributed by atoms with Gasteiger partial charge in [0, 0.05) is 17.8 Å². The second kappa shape index (κ2) is 5.77. The minimum absolute atomic E-state index is 0.0348. The fourth-order valence-electron chi connectivity index (χ4n) is 3.32. The number of methoxy groups -OCH3 is 1. The Labute approximate surface area is 127 Å². The maximum absolute atomic E-state index is 12.7. The molecular formula is C15H19NO4S. The molecule has 2 aliphatic heterocycles. The van der Waals surface area contributed by atoms with E-state index >= 15 is 0 Å². The molecule has 1 aromatic heterocycles. The van der Waals surface area contributed by atoms with Gasteiger partial charge in [-0.25, -0.2) is 4.79 Å². The molecule has 0 radical (unpaired) electrons. The Kier molecular flexibility index (Phi) is 3.99. The largest absolute Gasteiger partial charge is 0.467 e. The smallest absolute Gasteiger partial charge is 0.335 e. The van der Waals surface area contributed by atoms with E-state index in [2.05, 4.69) is 6.92 Å². The molecule has 2 fully saturated rings. The summed E-state index contributed by atoms with van der Waals surface area (Å²) in [6, 6.07) is 1.97. The second-order valence-corrected chi connectivity index (χ2v) is 6.42. The van der Waals surface area contributed by atoms with Crippen molar-refractivity contribution >= 4 is 23.2 Å². The standard InChI is InChI=1S/C15H19NO4S/c1-9-3-4-12-11(7-13(20-12)15(18)19-2)16(9)14(17)10-5-6-21-8-10/h5-6,8-9,11-13H,3-4,7H2,1-2H3/t9-,11+,12-,13-/m0/s1. The predicted octanol–water partition coefficient (Wildman–Crippen LogP) is 2.07. The lowest BCUT2D eigenvalue weighted by molar-refractivity contribution is -0.153. The zero-order chi connectivity index (χ0) is 15.0. The van der Waals surface area contributed by atoms with Gasteiger partial charge in [-0.1, -0.05) is 0 Å². The van der Waals surface area contributed by atoms with Crippen LogP contribution in [0.1, 0.15) is 36.5 Å². The van der Waals surface area contributed by atoms with Crippen molar-refractivity contribution < 1.29 is 19.1 Å². The number of ether oxygens (including phenoxy) is 2. The Morgan fingerprint density at radius 2 is 2.24 bits per heavy atom. The molecule has 1 aromatic rings. The number of hydrogen-bond donors (Lipinski definition) is 0. The van der Waals surface area contributed by atoms with Crippen LogP contribution in [0.25, 0.3) is 0 Å². The third-order valence-electron chi connectivity index (χ3n) is 4.39. The summed E-state index contributed by atoms with van der Waals surface area (Å²) < 4.78 is 10.6. The average Bonchev–Trinajstić information content (AvgIpc) is 3.14. The number of likely N-dealkylation sites (tertiary alicyclic amines) is 1. The van der Waals surface area contributed by atoms with E-state index in [1.165, 1.54) is 18.4 Å². The molecule has 0 saturated carbocycles. The van der Waals surface area contributed by atoms with Crippen LogP contribution < -0.4 is 0 Å². The number of carbonyl (C=O) groups excluding carboxylic acids is 2. The molecule has 2 aliphatic rings. The van der Waals surface area contributed by atoms with Gasteiger partial charge in [-0.2, -0.15) is 11.3 Å². The quantitative estimate of drug-likeness (QED) is 0.785. The van der Waals surface area contributed by atoms with Crippen LogP contribution in [0.3, 0.4) is 0 Å². The lowest BCUT2D eigenvalue weighted by Crippen LogP contribution is -2.53. The van der Waals surface area contributed by atoms with E-state index < -0.39 is 6.10 Å². The molecule has 3 heterocycles. The molecule has 0 aliphatic carbocycles. The number of thiophene rings is 1. The Bertz CT molecular complexity index is 530. The average molecular weight is 309 g/mol. The van der Waals surface area contributed by atoms with Crippen LogP contribution in [0.4, 0.5) is 0 Å². The summed E-state index contributed by atoms with van der Waals surface area (Å²) in [6.45, 7) is 2.06. The summed E-state index contributed by atoms with van der Waals surface area (Å²) >= 11 is 1.51. The van der Waals surface area contributed by atoms with Crippen molar-refractivity contribution in [2.45, 2.75) is 50.5 Å². The normalized spacial score (nSPS) is 31.8. The van der Waals surface area contributed by atoms with Crippen molar-refractivity contribution in [2.75, 3.05) is 7.11 Å². The van der Waals surface area contributed by atoms with Gasteiger partial charge >= 0.3 is 5.97 Å². The third-order valence-corrected chi connectivity index (χ3v) is 5.07. The van der Waals surface area contributed by atoms with Crippen LogP contribution in [0, 0.1) is 0 Å². The summed E-state index contributed by atoms with van der Waals surface area (Å²) in [7, 11) is 1.37. The number of nitrogens with zero attached hydrogens (tertiary/aromatic N) is 1. The third kappa shape index (κ3) is 2.58. The fraction of sp³-hybridized carbons (Fsp3) is 0.600. The summed E-state index contributed by atoms with van der Waals surface area (Å²) in [5.74, 6) is -0.312. The van der Waals surface area contributed by atoms with Crippen molar-refractivity contribution in [1.82, 2.24) is 4.90 Å². The van der Waals surface area contributed by atoms with Gasteiger partial charge in [0.05, 0.1) is 24.8 Å². The summed E-state index contributed by atoms with van der Waals surface area (Å²) in [4.78, 5) is 26.3. The lowest BCUT2D eigenvalue weighted by atomic mass is 9.92. The first-order valence-corrected chi connectivity index (χ1v) is 8.14. The Morgan fingerprint density at radius 1 is 1.43 bits per heavy atom. The highest BCUT2D eigenvalue weighted by atomic mass is 32.1. The van der Waals surface area contributed by atoms with Gasteiger partial charge < -0.3 is 14.4 Å². The van der Waals surface area contributed by atoms with Crippen LogP contribution in [0.15, 0.2) is 16.8 Å². The van der Waals surface area contributed by atoms with Gasteiger partial charge in [0.25, 0.3) is 5.91 Å². The summed E-state index contributed by atoms with van der Waals surface area (Å²) in [5, 5.41) is 3.77. The minimum atomic E-state index is -0.548. The number of piperidine rings is 1. The highest BCUT2D eigenvalue weighted by molar-refractivity contribution is 7.08. The second-order valence-electron chi connectivity index (χ2n) is 5.64. The predicted molar refractivity (Wildman–Crippen MR) is 78.3 cm³/mol. The van der Waals surface area contributed by atoms with Gasteiger partial charge in [-0.3, -0.25) is 4.79 Å². The van der Waals surface area contributed by atoms with Gasteiger partial charge in [-0.15, -0.1) is 0 Å². The molecule has 0 unspecified atom stereocenters. The number of fused-ring (bicyclic) bond motifs is 1. The highest BCUT2D eigenvalue weighted by Gasteiger charge is 2.47. The monoisotopic (exact) mass is 309 g/mol. The van der Waals surface area contributed by atoms with Crippen LogP contribution in [-0.2, 0) is 14.3 Å². The Balaban J connectivity index is 1.82. The van der Waals surface area contributed by atoms with E-state index in [0.717, 1.165) is 12.8 Å². The molecule has 0 bridgehead atoms. The van der Waals surface area contributed by atoms with Crippen LogP contribution in [-0.4, -0.2) is 48.2 Å². The Hall–Kier alpha value is -1.40. The highest BCUT2D eigenvalue weighted by Crippen LogP contribution is 2.36. The van der Waals surface area contributed by atoms with E-state index in [9.17, 15) is 9.59 Å². The Morgan fingerprint density at radius 3 is 2.90 bits per heavy atom. The first-order valence-electron chi connectivity index (χ1n) is 7.20. The van der Waals surface area contributed by atoms with Crippen molar-refractivity contribution in [1.29, 1.82) is 0 Å². The first kappa shape index (κ1) is 14.5. The van der Waals surface area contributed by atoms with E-state index in [4.69, 9.17) is 9.47 Å². The van der Waals surface area contributed by atoms with E-state index in [1.807, 2.05) is 21.7 Å². The molecule has 1 amide bonds. The summed E-state index contributed by atoms with van der Waals surface area (Å²) in [6.07, 6.45) is 1.69. The first-order chi connectivity index (χ1) is 10.1. The SMILES string of the molecule is COC(=O)[C@@H]1C[C@@H]2[C@H](CC[C@H](C)N2C(=O)c2ccsc2)O1. The number of esters is 1. The molecule has 0 N–H and O–H groups in total. The molecule has 0 spiro atoms. The number of rotatable bonds is 2. The molecular weight excluding hydrogens is 290 g/mol. The van der Waals surface area contributed by atoms with Crippen molar-refractivity contribution in [3.8, 4) is 0 Å². The van der Waals surface area contributed by atoms with Gasteiger partial charge in [0.15, 0.2) is 6.10 Å². The molecule has 0 aromatic carbocycles. The topological polar surface area (TPSA) is 55.8 Å². The van der Waals surface area contributed by atoms with E-state index in [0.29, 0.717) is 12.0 Å². The van der Waals surface area contributed by atoms with E-state index in [1.54, 1.807) is 0 Å². The molecule has 4 atom stereocenters. The maximum Gasteiger partial charge on any atom is 0.335 e. The number of carbonyl (C=O) groups is 2. The lowest BCUT2D eigenvalue weighted by Gasteiger charge is -2.41. The van der Waals surface area contributed by atoms with Gasteiger partial charge in [0.1, 0.15) is 0 Å². The van der Waals surface area contributed by atoms with E-state index in [-0.39, 0.29) is 30.1 Å². The van der Waals surface area contributed by atoms with Crippen LogP contribution >= 0.6 is 11.3 Å².